The summed E-state index contributed by atoms with van der Waals surface area (Å²) >= 11 is 0. The van der Waals surface area contributed by atoms with E-state index in [1.54, 1.807) is 0 Å². The Hall–Kier alpha value is -1.25. The fourth-order valence-corrected chi connectivity index (χ4v) is 1.68. The van der Waals surface area contributed by atoms with E-state index >= 15 is 0 Å². The number of hydrogen-bond donors (Lipinski definition) is 1. The third kappa shape index (κ3) is 2.37. The molecule has 3 nitrogen and oxygen atoms in total. The monoisotopic (exact) mass is 194 g/mol. The van der Waals surface area contributed by atoms with E-state index in [0.717, 1.165) is 12.8 Å². The van der Waals surface area contributed by atoms with Gasteiger partial charge >= 0.3 is 0 Å². The highest BCUT2D eigenvalue weighted by atomic mass is 16.1. The van der Waals surface area contributed by atoms with Crippen molar-refractivity contribution in [1.29, 1.82) is 0 Å². The number of carbonyl (C=O) groups excluding carboxylic acids is 1. The lowest BCUT2D eigenvalue weighted by Gasteiger charge is -2.28. The largest absolute Gasteiger partial charge is 0.366 e. The molecule has 0 aromatic carbocycles. The first-order chi connectivity index (χ1) is 6.69. The van der Waals surface area contributed by atoms with E-state index in [1.807, 2.05) is 18.5 Å². The zero-order valence-electron chi connectivity index (χ0n) is 8.86. The van der Waals surface area contributed by atoms with Crippen LogP contribution in [0.4, 0.5) is 0 Å². The summed E-state index contributed by atoms with van der Waals surface area (Å²) in [5.74, 6) is -0.315. The summed E-state index contributed by atoms with van der Waals surface area (Å²) in [6.07, 6.45) is 8.70. The second kappa shape index (κ2) is 4.84. The van der Waals surface area contributed by atoms with Gasteiger partial charge in [0.2, 0.25) is 5.91 Å². The summed E-state index contributed by atoms with van der Waals surface area (Å²) in [4.78, 5) is 13.1. The SMILES string of the molecule is CCC(CC)N1C=CCC(C(N)=O)=C1. The number of amides is 1. The smallest absolute Gasteiger partial charge is 0.246 e. The van der Waals surface area contributed by atoms with Gasteiger partial charge in [-0.05, 0) is 19.3 Å². The molecule has 0 aliphatic carbocycles. The van der Waals surface area contributed by atoms with Gasteiger partial charge in [-0.25, -0.2) is 0 Å². The van der Waals surface area contributed by atoms with Crippen molar-refractivity contribution in [2.75, 3.05) is 0 Å². The van der Waals surface area contributed by atoms with Gasteiger partial charge in [0.05, 0.1) is 0 Å². The molecule has 1 rings (SSSR count). The lowest BCUT2D eigenvalue weighted by Crippen LogP contribution is -2.28. The van der Waals surface area contributed by atoms with Crippen molar-refractivity contribution in [2.24, 2.45) is 5.73 Å². The number of allylic oxidation sites excluding steroid dienone is 1. The van der Waals surface area contributed by atoms with Crippen molar-refractivity contribution in [3.05, 3.63) is 24.0 Å². The minimum Gasteiger partial charge on any atom is -0.366 e. The molecule has 0 fully saturated rings. The highest BCUT2D eigenvalue weighted by molar-refractivity contribution is 5.92. The van der Waals surface area contributed by atoms with Gasteiger partial charge in [-0.2, -0.15) is 0 Å². The molecule has 0 saturated carbocycles. The van der Waals surface area contributed by atoms with E-state index < -0.39 is 0 Å². The van der Waals surface area contributed by atoms with Crippen LogP contribution in [0.25, 0.3) is 0 Å². The molecule has 78 valence electrons. The van der Waals surface area contributed by atoms with E-state index in [2.05, 4.69) is 18.7 Å². The van der Waals surface area contributed by atoms with Crippen LogP contribution in [0.15, 0.2) is 24.0 Å². The minimum absolute atomic E-state index is 0.315. The molecule has 1 heterocycles. The highest BCUT2D eigenvalue weighted by Crippen LogP contribution is 2.17. The van der Waals surface area contributed by atoms with Gasteiger partial charge in [0.25, 0.3) is 0 Å². The number of nitrogens with zero attached hydrogens (tertiary/aromatic N) is 1. The normalized spacial score (nSPS) is 15.9. The molecule has 1 aliphatic heterocycles. The predicted molar refractivity (Wildman–Crippen MR) is 57.2 cm³/mol. The van der Waals surface area contributed by atoms with E-state index in [-0.39, 0.29) is 5.91 Å². The predicted octanol–water partition coefficient (Wildman–Crippen LogP) is 1.76. The van der Waals surface area contributed by atoms with Gasteiger partial charge in [0, 0.05) is 24.0 Å². The Bertz CT molecular complexity index is 264. The maximum Gasteiger partial charge on any atom is 0.246 e. The molecule has 0 saturated heterocycles. The summed E-state index contributed by atoms with van der Waals surface area (Å²) in [6.45, 7) is 4.29. The van der Waals surface area contributed by atoms with Crippen LogP contribution in [0.3, 0.4) is 0 Å². The third-order valence-electron chi connectivity index (χ3n) is 2.60. The van der Waals surface area contributed by atoms with Crippen molar-refractivity contribution in [2.45, 2.75) is 39.2 Å². The topological polar surface area (TPSA) is 46.3 Å². The zero-order valence-corrected chi connectivity index (χ0v) is 8.86. The molecule has 0 bridgehead atoms. The quantitative estimate of drug-likeness (QED) is 0.741. The number of carbonyl (C=O) groups is 1. The number of nitrogens with two attached hydrogens (primary N) is 1. The Labute approximate surface area is 85.3 Å². The summed E-state index contributed by atoms with van der Waals surface area (Å²) in [5.41, 5.74) is 5.94. The summed E-state index contributed by atoms with van der Waals surface area (Å²) in [7, 11) is 0. The van der Waals surface area contributed by atoms with Crippen molar-refractivity contribution in [3.63, 3.8) is 0 Å². The molecule has 0 radical (unpaired) electrons. The second-order valence-corrected chi connectivity index (χ2v) is 3.53. The van der Waals surface area contributed by atoms with Gasteiger partial charge in [-0.1, -0.05) is 19.9 Å². The Morgan fingerprint density at radius 3 is 2.71 bits per heavy atom. The first-order valence-corrected chi connectivity index (χ1v) is 5.13. The second-order valence-electron chi connectivity index (χ2n) is 3.53. The van der Waals surface area contributed by atoms with Gasteiger partial charge in [-0.3, -0.25) is 4.79 Å². The Morgan fingerprint density at radius 1 is 1.57 bits per heavy atom. The molecule has 1 aliphatic rings. The Balaban J connectivity index is 2.74. The van der Waals surface area contributed by atoms with Crippen LogP contribution in [0.5, 0.6) is 0 Å². The first-order valence-electron chi connectivity index (χ1n) is 5.13. The molecular formula is C11H18N2O. The first kappa shape index (κ1) is 10.8. The molecule has 0 unspecified atom stereocenters. The average Bonchev–Trinajstić information content (AvgIpc) is 2.20. The van der Waals surface area contributed by atoms with Gasteiger partial charge in [-0.15, -0.1) is 0 Å². The molecule has 2 N–H and O–H groups in total. The lowest BCUT2D eigenvalue weighted by molar-refractivity contribution is -0.114. The average molecular weight is 194 g/mol. The number of hydrogen-bond acceptors (Lipinski definition) is 2. The summed E-state index contributed by atoms with van der Waals surface area (Å²) in [5, 5.41) is 0. The van der Waals surface area contributed by atoms with Gasteiger partial charge in [0.15, 0.2) is 0 Å². The van der Waals surface area contributed by atoms with Crippen molar-refractivity contribution >= 4 is 5.91 Å². The van der Waals surface area contributed by atoms with Crippen molar-refractivity contribution in [3.8, 4) is 0 Å². The fraction of sp³-hybridized carbons (Fsp3) is 0.545. The van der Waals surface area contributed by atoms with E-state index in [0.29, 0.717) is 18.0 Å². The van der Waals surface area contributed by atoms with Gasteiger partial charge < -0.3 is 10.6 Å². The summed E-state index contributed by atoms with van der Waals surface area (Å²) in [6, 6.07) is 0.473. The van der Waals surface area contributed by atoms with Crippen molar-refractivity contribution in [1.82, 2.24) is 4.90 Å². The zero-order chi connectivity index (χ0) is 10.6. The fourth-order valence-electron chi connectivity index (χ4n) is 1.68. The molecule has 3 heteroatoms. The standard InChI is InChI=1S/C11H18N2O/c1-3-10(4-2)13-7-5-6-9(8-13)11(12)14/h5,7-8,10H,3-4,6H2,1-2H3,(H2,12,14). The van der Waals surface area contributed by atoms with Crippen LogP contribution in [0, 0.1) is 0 Å². The molecule has 14 heavy (non-hydrogen) atoms. The van der Waals surface area contributed by atoms with Crippen LogP contribution in [-0.4, -0.2) is 16.8 Å². The molecule has 0 aromatic heterocycles. The Kier molecular flexibility index (Phi) is 3.74. The number of primary amides is 1. The molecule has 1 amide bonds. The number of rotatable bonds is 4. The van der Waals surface area contributed by atoms with Crippen LogP contribution < -0.4 is 5.73 Å². The Morgan fingerprint density at radius 2 is 2.21 bits per heavy atom. The maximum atomic E-state index is 11.0. The summed E-state index contributed by atoms with van der Waals surface area (Å²) < 4.78 is 0. The lowest BCUT2D eigenvalue weighted by atomic mass is 10.1. The molecular weight excluding hydrogens is 176 g/mol. The van der Waals surface area contributed by atoms with Crippen molar-refractivity contribution < 1.29 is 4.79 Å². The third-order valence-corrected chi connectivity index (χ3v) is 2.60. The van der Waals surface area contributed by atoms with E-state index in [1.165, 1.54) is 0 Å². The minimum atomic E-state index is -0.315. The maximum absolute atomic E-state index is 11.0. The molecule has 0 aromatic rings. The van der Waals surface area contributed by atoms with Crippen LogP contribution >= 0.6 is 0 Å². The van der Waals surface area contributed by atoms with Crippen LogP contribution in [0.1, 0.15) is 33.1 Å². The van der Waals surface area contributed by atoms with Gasteiger partial charge in [0.1, 0.15) is 0 Å². The molecule has 0 atom stereocenters. The van der Waals surface area contributed by atoms with Crippen LogP contribution in [-0.2, 0) is 4.79 Å². The van der Waals surface area contributed by atoms with E-state index in [9.17, 15) is 4.79 Å². The highest BCUT2D eigenvalue weighted by Gasteiger charge is 2.14. The van der Waals surface area contributed by atoms with E-state index in [4.69, 9.17) is 5.73 Å². The molecule has 0 spiro atoms. The van der Waals surface area contributed by atoms with Crippen LogP contribution in [0.2, 0.25) is 0 Å².